The van der Waals surface area contributed by atoms with E-state index in [0.717, 1.165) is 22.5 Å². The van der Waals surface area contributed by atoms with Gasteiger partial charge in [-0.2, -0.15) is 0 Å². The van der Waals surface area contributed by atoms with Crippen LogP contribution in [0.1, 0.15) is 11.1 Å². The zero-order chi connectivity index (χ0) is 8.65. The first-order valence-corrected chi connectivity index (χ1v) is 6.11. The lowest BCUT2D eigenvalue weighted by molar-refractivity contribution is 0.611. The number of thiophene rings is 1. The van der Waals surface area contributed by atoms with E-state index in [2.05, 4.69) is 0 Å². The van der Waals surface area contributed by atoms with Crippen molar-refractivity contribution in [3.63, 3.8) is 0 Å². The highest BCUT2D eigenvalue weighted by Crippen LogP contribution is 2.28. The van der Waals surface area contributed by atoms with Gasteiger partial charge < -0.3 is 0 Å². The highest BCUT2D eigenvalue weighted by Gasteiger charge is 2.16. The van der Waals surface area contributed by atoms with Crippen molar-refractivity contribution in [2.45, 2.75) is 18.1 Å². The van der Waals surface area contributed by atoms with Crippen molar-refractivity contribution in [3.05, 3.63) is 16.5 Å². The van der Waals surface area contributed by atoms with Gasteiger partial charge in [0.15, 0.2) is 0 Å². The van der Waals surface area contributed by atoms with Crippen molar-refractivity contribution in [1.29, 1.82) is 0 Å². The van der Waals surface area contributed by atoms with Crippen molar-refractivity contribution in [2.75, 3.05) is 0 Å². The Hall–Kier alpha value is -0.0600. The summed E-state index contributed by atoms with van der Waals surface area (Å²) < 4.78 is 21.9. The van der Waals surface area contributed by atoms with Gasteiger partial charge in [0.05, 0.1) is 0 Å². The Bertz CT molecular complexity index is 364. The van der Waals surface area contributed by atoms with E-state index < -0.39 is 9.05 Å². The van der Waals surface area contributed by atoms with Crippen LogP contribution < -0.4 is 0 Å². The minimum atomic E-state index is -3.52. The lowest BCUT2D eigenvalue weighted by Gasteiger charge is -1.92. The molecule has 0 N–H and O–H groups in total. The van der Waals surface area contributed by atoms with Crippen LogP contribution in [0.5, 0.6) is 0 Å². The molecule has 0 bridgehead atoms. The smallest absolute Gasteiger partial charge is 0.206 e. The van der Waals surface area contributed by atoms with Gasteiger partial charge in [0.25, 0.3) is 9.05 Å². The van der Waals surface area contributed by atoms with Gasteiger partial charge in [-0.05, 0) is 30.4 Å². The average molecular weight is 211 g/mol. The summed E-state index contributed by atoms with van der Waals surface area (Å²) >= 11 is 1.16. The fraction of sp³-hybridized carbons (Fsp3) is 0.333. The van der Waals surface area contributed by atoms with Gasteiger partial charge >= 0.3 is 0 Å². The average Bonchev–Trinajstić information content (AvgIpc) is 2.11. The van der Waals surface area contributed by atoms with Gasteiger partial charge in [-0.1, -0.05) is 0 Å². The molecule has 0 amide bonds. The van der Waals surface area contributed by atoms with Crippen LogP contribution >= 0.6 is 22.0 Å². The molecule has 2 nitrogen and oxygen atoms in total. The summed E-state index contributed by atoms with van der Waals surface area (Å²) in [6, 6.07) is 0. The van der Waals surface area contributed by atoms with E-state index in [-0.39, 0.29) is 4.21 Å². The Morgan fingerprint density at radius 3 is 2.18 bits per heavy atom. The van der Waals surface area contributed by atoms with Gasteiger partial charge in [0.2, 0.25) is 0 Å². The van der Waals surface area contributed by atoms with Crippen LogP contribution in [0.25, 0.3) is 0 Å². The molecule has 0 aliphatic carbocycles. The minimum Gasteiger partial charge on any atom is -0.206 e. The van der Waals surface area contributed by atoms with Gasteiger partial charge in [-0.15, -0.1) is 11.3 Å². The summed E-state index contributed by atoms with van der Waals surface area (Å²) in [7, 11) is 1.64. The van der Waals surface area contributed by atoms with E-state index in [9.17, 15) is 8.42 Å². The van der Waals surface area contributed by atoms with Crippen LogP contribution in [0.4, 0.5) is 0 Å². The van der Waals surface area contributed by atoms with E-state index in [1.807, 2.05) is 6.92 Å². The third kappa shape index (κ3) is 1.75. The van der Waals surface area contributed by atoms with Gasteiger partial charge in [-0.3, -0.25) is 0 Å². The molecule has 0 saturated heterocycles. The van der Waals surface area contributed by atoms with Crippen molar-refractivity contribution in [1.82, 2.24) is 0 Å². The standard InChI is InChI=1S/C6H7ClO2S2/c1-4-3-10-6(5(4)2)11(7,8)9/h3H,1-2H3. The molecule has 0 unspecified atom stereocenters. The van der Waals surface area contributed by atoms with Crippen LogP contribution in [-0.2, 0) is 9.05 Å². The molecule has 1 aromatic heterocycles. The summed E-state index contributed by atoms with van der Waals surface area (Å²) in [6.07, 6.45) is 0. The summed E-state index contributed by atoms with van der Waals surface area (Å²) in [4.78, 5) is 0. The van der Waals surface area contributed by atoms with E-state index in [4.69, 9.17) is 10.7 Å². The molecular formula is C6H7ClO2S2. The quantitative estimate of drug-likeness (QED) is 0.667. The molecule has 0 saturated carbocycles. The number of halogens is 1. The van der Waals surface area contributed by atoms with Crippen molar-refractivity contribution in [3.8, 4) is 0 Å². The fourth-order valence-electron chi connectivity index (χ4n) is 0.720. The normalized spacial score (nSPS) is 11.9. The Labute approximate surface area is 74.2 Å². The zero-order valence-corrected chi connectivity index (χ0v) is 8.48. The van der Waals surface area contributed by atoms with Crippen molar-refractivity contribution in [2.24, 2.45) is 0 Å². The number of hydrogen-bond donors (Lipinski definition) is 0. The Kier molecular flexibility index (Phi) is 2.27. The summed E-state index contributed by atoms with van der Waals surface area (Å²) in [5.74, 6) is 0. The molecule has 1 rings (SSSR count). The third-order valence-electron chi connectivity index (χ3n) is 1.46. The molecular weight excluding hydrogens is 204 g/mol. The van der Waals surface area contributed by atoms with Crippen LogP contribution in [0, 0.1) is 13.8 Å². The number of hydrogen-bond acceptors (Lipinski definition) is 3. The molecule has 0 aromatic carbocycles. The Balaban J connectivity index is 3.38. The molecule has 1 heterocycles. The topological polar surface area (TPSA) is 34.1 Å². The second kappa shape index (κ2) is 2.77. The predicted molar refractivity (Wildman–Crippen MR) is 46.8 cm³/mol. The predicted octanol–water partition coefficient (Wildman–Crippen LogP) is 2.29. The SMILES string of the molecule is Cc1csc(S(=O)(=O)Cl)c1C. The second-order valence-electron chi connectivity index (χ2n) is 2.27. The van der Waals surface area contributed by atoms with E-state index in [0.29, 0.717) is 0 Å². The van der Waals surface area contributed by atoms with Crippen LogP contribution in [0.2, 0.25) is 0 Å². The first-order chi connectivity index (χ1) is 4.93. The molecule has 0 spiro atoms. The molecule has 62 valence electrons. The summed E-state index contributed by atoms with van der Waals surface area (Å²) in [6.45, 7) is 3.61. The van der Waals surface area contributed by atoms with Crippen LogP contribution in [-0.4, -0.2) is 8.42 Å². The number of aryl methyl sites for hydroxylation is 1. The molecule has 0 fully saturated rings. The van der Waals surface area contributed by atoms with Gasteiger partial charge in [0, 0.05) is 10.7 Å². The maximum Gasteiger partial charge on any atom is 0.271 e. The highest BCUT2D eigenvalue weighted by atomic mass is 35.7. The highest BCUT2D eigenvalue weighted by molar-refractivity contribution is 8.15. The maximum absolute atomic E-state index is 10.8. The van der Waals surface area contributed by atoms with Crippen LogP contribution in [0.3, 0.4) is 0 Å². The number of rotatable bonds is 1. The van der Waals surface area contributed by atoms with E-state index >= 15 is 0 Å². The molecule has 0 radical (unpaired) electrons. The Morgan fingerprint density at radius 2 is 2.00 bits per heavy atom. The van der Waals surface area contributed by atoms with E-state index in [1.165, 1.54) is 0 Å². The van der Waals surface area contributed by atoms with Crippen molar-refractivity contribution < 1.29 is 8.42 Å². The first-order valence-electron chi connectivity index (χ1n) is 2.92. The largest absolute Gasteiger partial charge is 0.271 e. The monoisotopic (exact) mass is 210 g/mol. The first kappa shape index (κ1) is 9.03. The second-order valence-corrected chi connectivity index (χ2v) is 5.91. The summed E-state index contributed by atoms with van der Waals surface area (Å²) in [5, 5.41) is 1.78. The third-order valence-corrected chi connectivity index (χ3v) is 4.89. The molecule has 0 aliphatic rings. The zero-order valence-electron chi connectivity index (χ0n) is 6.09. The van der Waals surface area contributed by atoms with Gasteiger partial charge in [0.1, 0.15) is 4.21 Å². The van der Waals surface area contributed by atoms with Crippen LogP contribution in [0.15, 0.2) is 9.59 Å². The minimum absolute atomic E-state index is 0.261. The van der Waals surface area contributed by atoms with Gasteiger partial charge in [-0.25, -0.2) is 8.42 Å². The molecule has 11 heavy (non-hydrogen) atoms. The Morgan fingerprint density at radius 1 is 1.45 bits per heavy atom. The van der Waals surface area contributed by atoms with E-state index in [1.54, 1.807) is 12.3 Å². The fourth-order valence-corrected chi connectivity index (χ4v) is 3.32. The lowest BCUT2D eigenvalue weighted by atomic mass is 10.2. The van der Waals surface area contributed by atoms with Crippen molar-refractivity contribution >= 4 is 31.1 Å². The molecule has 0 aliphatic heterocycles. The molecule has 1 aromatic rings. The maximum atomic E-state index is 10.8. The molecule has 0 atom stereocenters. The summed E-state index contributed by atoms with van der Waals surface area (Å²) in [5.41, 5.74) is 1.72. The lowest BCUT2D eigenvalue weighted by Crippen LogP contribution is -1.88. The molecule has 5 heteroatoms.